The van der Waals surface area contributed by atoms with E-state index in [-0.39, 0.29) is 0 Å². The van der Waals surface area contributed by atoms with Crippen LogP contribution in [0.3, 0.4) is 0 Å². The molecule has 1 atom stereocenters. The number of amides is 2. The van der Waals surface area contributed by atoms with Crippen molar-refractivity contribution in [3.8, 4) is 0 Å². The van der Waals surface area contributed by atoms with E-state index in [2.05, 4.69) is 38.3 Å². The molecule has 1 aromatic rings. The van der Waals surface area contributed by atoms with Gasteiger partial charge in [0.25, 0.3) is 0 Å². The molecule has 0 bridgehead atoms. The van der Waals surface area contributed by atoms with Crippen molar-refractivity contribution in [1.82, 2.24) is 5.32 Å². The number of anilines is 1. The van der Waals surface area contributed by atoms with Gasteiger partial charge in [-0.05, 0) is 43.0 Å². The smallest absolute Gasteiger partial charge is 0.316 e. The third-order valence-electron chi connectivity index (χ3n) is 3.00. The number of hydrogen-bond acceptors (Lipinski definition) is 2. The van der Waals surface area contributed by atoms with Crippen molar-refractivity contribution in [1.29, 1.82) is 0 Å². The lowest BCUT2D eigenvalue weighted by molar-refractivity contribution is 0.259. The monoisotopic (exact) mass is 263 g/mol. The summed E-state index contributed by atoms with van der Waals surface area (Å²) in [6, 6.07) is 7.48. The number of urea groups is 1. The molecule has 4 nitrogen and oxygen atoms in total. The summed E-state index contributed by atoms with van der Waals surface area (Å²) >= 11 is 0. The lowest BCUT2D eigenvalue weighted by Gasteiger charge is -2.21. The van der Waals surface area contributed by atoms with Crippen molar-refractivity contribution in [3.63, 3.8) is 0 Å². The average molecular weight is 263 g/mol. The number of benzene rings is 1. The highest BCUT2D eigenvalue weighted by molar-refractivity contribution is 5.87. The Labute approximate surface area is 115 Å². The van der Waals surface area contributed by atoms with Crippen molar-refractivity contribution in [2.45, 2.75) is 40.2 Å². The second-order valence-corrected chi connectivity index (χ2v) is 6.10. The molecule has 0 spiro atoms. The predicted octanol–water partition coefficient (Wildman–Crippen LogP) is 3.26. The predicted molar refractivity (Wildman–Crippen MR) is 80.1 cm³/mol. The van der Waals surface area contributed by atoms with Gasteiger partial charge in [-0.25, -0.2) is 4.79 Å². The third-order valence-corrected chi connectivity index (χ3v) is 3.00. The maximum atomic E-state index is 10.7. The molecule has 0 aliphatic rings. The highest BCUT2D eigenvalue weighted by Crippen LogP contribution is 2.19. The Bertz CT molecular complexity index is 406. The van der Waals surface area contributed by atoms with Gasteiger partial charge in [-0.1, -0.05) is 32.9 Å². The van der Waals surface area contributed by atoms with E-state index in [9.17, 15) is 4.79 Å². The zero-order chi connectivity index (χ0) is 14.5. The third kappa shape index (κ3) is 6.25. The normalized spacial score (nSPS) is 13.1. The number of primary amides is 1. The lowest BCUT2D eigenvalue weighted by atomic mass is 9.92. The second kappa shape index (κ2) is 6.57. The molecule has 0 aromatic heterocycles. The van der Waals surface area contributed by atoms with E-state index in [1.165, 1.54) is 5.56 Å². The van der Waals surface area contributed by atoms with Crippen LogP contribution in [0.2, 0.25) is 0 Å². The molecule has 0 radical (unpaired) electrons. The molecule has 0 heterocycles. The first-order valence-electron chi connectivity index (χ1n) is 6.68. The first-order chi connectivity index (χ1) is 8.78. The Morgan fingerprint density at radius 2 is 1.84 bits per heavy atom. The summed E-state index contributed by atoms with van der Waals surface area (Å²) in [5.74, 6) is 0. The minimum absolute atomic E-state index is 0.296. The summed E-state index contributed by atoms with van der Waals surface area (Å²) in [6.07, 6.45) is 1.14. The summed E-state index contributed by atoms with van der Waals surface area (Å²) in [7, 11) is 0. The van der Waals surface area contributed by atoms with E-state index in [1.54, 1.807) is 0 Å². The van der Waals surface area contributed by atoms with E-state index in [0.29, 0.717) is 11.5 Å². The summed E-state index contributed by atoms with van der Waals surface area (Å²) in [5, 5.41) is 6.06. The summed E-state index contributed by atoms with van der Waals surface area (Å²) in [5.41, 5.74) is 7.33. The van der Waals surface area contributed by atoms with Gasteiger partial charge in [0.05, 0.1) is 0 Å². The fraction of sp³-hybridized carbons (Fsp3) is 0.533. The molecule has 1 rings (SSSR count). The van der Waals surface area contributed by atoms with E-state index >= 15 is 0 Å². The molecule has 4 heteroatoms. The van der Waals surface area contributed by atoms with Crippen LogP contribution in [0.5, 0.6) is 0 Å². The van der Waals surface area contributed by atoms with Crippen molar-refractivity contribution < 1.29 is 4.79 Å². The van der Waals surface area contributed by atoms with Crippen LogP contribution in [0.4, 0.5) is 10.5 Å². The second-order valence-electron chi connectivity index (χ2n) is 6.10. The van der Waals surface area contributed by atoms with Gasteiger partial charge in [-0.3, -0.25) is 0 Å². The SMILES string of the molecule is CC(NCCC(C)(C)C)c1ccc(NC(N)=O)cc1. The minimum Gasteiger partial charge on any atom is -0.351 e. The molecule has 4 N–H and O–H groups in total. The summed E-state index contributed by atoms with van der Waals surface area (Å²) < 4.78 is 0. The quantitative estimate of drug-likeness (QED) is 0.763. The fourth-order valence-corrected chi connectivity index (χ4v) is 1.78. The van der Waals surface area contributed by atoms with Crippen LogP contribution in [-0.2, 0) is 0 Å². The number of carbonyl (C=O) groups is 1. The van der Waals surface area contributed by atoms with E-state index in [4.69, 9.17) is 5.73 Å². The zero-order valence-corrected chi connectivity index (χ0v) is 12.3. The van der Waals surface area contributed by atoms with Crippen molar-refractivity contribution in [3.05, 3.63) is 29.8 Å². The molecule has 1 unspecified atom stereocenters. The van der Waals surface area contributed by atoms with Gasteiger partial charge < -0.3 is 16.4 Å². The van der Waals surface area contributed by atoms with Crippen LogP contribution in [0.1, 0.15) is 45.7 Å². The standard InChI is InChI=1S/C15H25N3O/c1-11(17-10-9-15(2,3)4)12-5-7-13(8-6-12)18-14(16)19/h5-8,11,17H,9-10H2,1-4H3,(H3,16,18,19). The molecule has 19 heavy (non-hydrogen) atoms. The van der Waals surface area contributed by atoms with Gasteiger partial charge in [-0.15, -0.1) is 0 Å². The van der Waals surface area contributed by atoms with Gasteiger partial charge in [0.2, 0.25) is 0 Å². The summed E-state index contributed by atoms with van der Waals surface area (Å²) in [6.45, 7) is 9.85. The van der Waals surface area contributed by atoms with Crippen LogP contribution in [0, 0.1) is 5.41 Å². The molecule has 2 amide bonds. The summed E-state index contributed by atoms with van der Waals surface area (Å²) in [4.78, 5) is 10.7. The van der Waals surface area contributed by atoms with Crippen molar-refractivity contribution in [2.24, 2.45) is 11.1 Å². The van der Waals surface area contributed by atoms with Crippen LogP contribution < -0.4 is 16.4 Å². The molecular formula is C15H25N3O. The Kier molecular flexibility index (Phi) is 5.36. The number of rotatable bonds is 5. The maximum absolute atomic E-state index is 10.7. The maximum Gasteiger partial charge on any atom is 0.316 e. The van der Waals surface area contributed by atoms with Gasteiger partial charge in [0, 0.05) is 11.7 Å². The first kappa shape index (κ1) is 15.5. The van der Waals surface area contributed by atoms with Crippen LogP contribution in [0.15, 0.2) is 24.3 Å². The van der Waals surface area contributed by atoms with Gasteiger partial charge >= 0.3 is 6.03 Å². The van der Waals surface area contributed by atoms with E-state index < -0.39 is 6.03 Å². The van der Waals surface area contributed by atoms with Crippen LogP contribution >= 0.6 is 0 Å². The number of hydrogen-bond donors (Lipinski definition) is 3. The van der Waals surface area contributed by atoms with Crippen LogP contribution in [0.25, 0.3) is 0 Å². The van der Waals surface area contributed by atoms with E-state index in [1.807, 2.05) is 24.3 Å². The molecule has 106 valence electrons. The minimum atomic E-state index is -0.538. The Morgan fingerprint density at radius 3 is 2.32 bits per heavy atom. The first-order valence-corrected chi connectivity index (χ1v) is 6.68. The van der Waals surface area contributed by atoms with Crippen molar-refractivity contribution >= 4 is 11.7 Å². The number of carbonyl (C=O) groups excluding carboxylic acids is 1. The topological polar surface area (TPSA) is 67.2 Å². The van der Waals surface area contributed by atoms with Gasteiger partial charge in [-0.2, -0.15) is 0 Å². The highest BCUT2D eigenvalue weighted by Gasteiger charge is 2.11. The molecule has 1 aromatic carbocycles. The lowest BCUT2D eigenvalue weighted by Crippen LogP contribution is -2.23. The fourth-order valence-electron chi connectivity index (χ4n) is 1.78. The molecule has 0 aliphatic carbocycles. The van der Waals surface area contributed by atoms with Gasteiger partial charge in [0.1, 0.15) is 0 Å². The molecule has 0 fully saturated rings. The zero-order valence-electron chi connectivity index (χ0n) is 12.3. The van der Waals surface area contributed by atoms with Crippen molar-refractivity contribution in [2.75, 3.05) is 11.9 Å². The Balaban J connectivity index is 2.48. The number of nitrogens with one attached hydrogen (secondary N) is 2. The largest absolute Gasteiger partial charge is 0.351 e. The number of nitrogens with two attached hydrogens (primary N) is 1. The molecule has 0 saturated carbocycles. The Morgan fingerprint density at radius 1 is 1.26 bits per heavy atom. The van der Waals surface area contributed by atoms with Crippen LogP contribution in [-0.4, -0.2) is 12.6 Å². The van der Waals surface area contributed by atoms with Gasteiger partial charge in [0.15, 0.2) is 0 Å². The van der Waals surface area contributed by atoms with E-state index in [0.717, 1.165) is 18.7 Å². The Hall–Kier alpha value is -1.55. The average Bonchev–Trinajstić information content (AvgIpc) is 2.27. The molecule has 0 aliphatic heterocycles. The highest BCUT2D eigenvalue weighted by atomic mass is 16.2. The molecular weight excluding hydrogens is 238 g/mol. The molecule has 0 saturated heterocycles.